The number of hydrogen-bond donors (Lipinski definition) is 0. The van der Waals surface area contributed by atoms with Gasteiger partial charge < -0.3 is 19.3 Å². The number of rotatable bonds is 5. The summed E-state index contributed by atoms with van der Waals surface area (Å²) in [7, 11) is 0. The third-order valence-electron chi connectivity index (χ3n) is 4.51. The van der Waals surface area contributed by atoms with E-state index in [2.05, 4.69) is 6.58 Å². The first kappa shape index (κ1) is 20.3. The Balaban J connectivity index is 1.94. The summed E-state index contributed by atoms with van der Waals surface area (Å²) in [4.78, 5) is 39.5. The zero-order valence-electron chi connectivity index (χ0n) is 16.2. The molecule has 146 valence electrons. The smallest absolute Gasteiger partial charge is 0.410 e. The monoisotopic (exact) mass is 366 g/mol. The summed E-state index contributed by atoms with van der Waals surface area (Å²) >= 11 is 0. The fourth-order valence-electron chi connectivity index (χ4n) is 3.07. The van der Waals surface area contributed by atoms with E-state index >= 15 is 0 Å². The van der Waals surface area contributed by atoms with E-state index in [1.54, 1.807) is 9.80 Å². The van der Waals surface area contributed by atoms with Crippen LogP contribution in [0.1, 0.15) is 47.0 Å². The van der Waals surface area contributed by atoms with Gasteiger partial charge in [-0.05, 0) is 39.5 Å². The molecule has 0 aromatic heterocycles. The molecular weight excluding hydrogens is 336 g/mol. The van der Waals surface area contributed by atoms with Crippen LogP contribution in [0.2, 0.25) is 0 Å². The predicted molar refractivity (Wildman–Crippen MR) is 96.4 cm³/mol. The van der Waals surface area contributed by atoms with E-state index in [4.69, 9.17) is 9.47 Å². The van der Waals surface area contributed by atoms with Crippen LogP contribution in [0, 0.1) is 5.92 Å². The number of piperazine rings is 1. The minimum atomic E-state index is -0.539. The average molecular weight is 366 g/mol. The maximum atomic E-state index is 12.6. The van der Waals surface area contributed by atoms with Crippen LogP contribution in [0.3, 0.4) is 0 Å². The van der Waals surface area contributed by atoms with E-state index in [1.807, 2.05) is 20.8 Å². The van der Waals surface area contributed by atoms with Crippen LogP contribution in [0.15, 0.2) is 12.2 Å². The first-order valence-corrected chi connectivity index (χ1v) is 9.18. The van der Waals surface area contributed by atoms with Crippen molar-refractivity contribution >= 4 is 18.0 Å². The molecule has 2 aliphatic rings. The van der Waals surface area contributed by atoms with Gasteiger partial charge in [0.25, 0.3) is 0 Å². The number of nitrogens with zero attached hydrogens (tertiary/aromatic N) is 2. The van der Waals surface area contributed by atoms with Crippen molar-refractivity contribution in [2.45, 2.75) is 58.6 Å². The molecule has 0 bridgehead atoms. The Morgan fingerprint density at radius 3 is 2.35 bits per heavy atom. The molecule has 0 radical (unpaired) electrons. The Hall–Kier alpha value is -2.05. The normalized spacial score (nSPS) is 20.5. The summed E-state index contributed by atoms with van der Waals surface area (Å²) in [6.07, 6.45) is 2.15. The summed E-state index contributed by atoms with van der Waals surface area (Å²) in [5, 5.41) is 0. The second kappa shape index (κ2) is 8.10. The topological polar surface area (TPSA) is 76.2 Å². The Labute approximate surface area is 155 Å². The number of carbonyl (C=O) groups excluding carboxylic acids is 3. The fraction of sp³-hybridized carbons (Fsp3) is 0.737. The molecule has 1 atom stereocenters. The van der Waals surface area contributed by atoms with Crippen molar-refractivity contribution in [3.8, 4) is 0 Å². The Kier molecular flexibility index (Phi) is 6.31. The molecular formula is C19H30N2O5. The molecule has 1 aliphatic carbocycles. The van der Waals surface area contributed by atoms with Crippen molar-refractivity contribution in [3.05, 3.63) is 12.2 Å². The molecule has 1 heterocycles. The highest BCUT2D eigenvalue weighted by Gasteiger charge is 2.43. The van der Waals surface area contributed by atoms with Crippen LogP contribution in [0.25, 0.3) is 0 Å². The van der Waals surface area contributed by atoms with E-state index in [0.717, 1.165) is 12.8 Å². The summed E-state index contributed by atoms with van der Waals surface area (Å²) in [6.45, 7) is 12.3. The highest BCUT2D eigenvalue weighted by molar-refractivity contribution is 5.93. The fourth-order valence-corrected chi connectivity index (χ4v) is 3.07. The van der Waals surface area contributed by atoms with Crippen LogP contribution in [0.5, 0.6) is 0 Å². The predicted octanol–water partition coefficient (Wildman–Crippen LogP) is 2.35. The summed E-state index contributed by atoms with van der Waals surface area (Å²) in [5.74, 6) is -0.0795. The van der Waals surface area contributed by atoms with Gasteiger partial charge in [0.05, 0.1) is 12.6 Å². The van der Waals surface area contributed by atoms with Gasteiger partial charge in [0.15, 0.2) is 0 Å². The van der Waals surface area contributed by atoms with Gasteiger partial charge in [0, 0.05) is 38.6 Å². The molecule has 2 rings (SSSR count). The molecule has 0 aromatic carbocycles. The van der Waals surface area contributed by atoms with Gasteiger partial charge >= 0.3 is 12.1 Å². The molecule has 0 spiro atoms. The lowest BCUT2D eigenvalue weighted by molar-refractivity contribution is -0.141. The maximum Gasteiger partial charge on any atom is 0.410 e. The maximum absolute atomic E-state index is 12.6. The molecule has 2 fully saturated rings. The van der Waals surface area contributed by atoms with Crippen LogP contribution in [-0.2, 0) is 19.1 Å². The largest absolute Gasteiger partial charge is 0.466 e. The number of carbonyl (C=O) groups is 3. The molecule has 1 saturated carbocycles. The van der Waals surface area contributed by atoms with Crippen LogP contribution < -0.4 is 0 Å². The van der Waals surface area contributed by atoms with Gasteiger partial charge in [0.2, 0.25) is 5.91 Å². The molecule has 1 aliphatic heterocycles. The van der Waals surface area contributed by atoms with Gasteiger partial charge in [-0.1, -0.05) is 6.58 Å². The van der Waals surface area contributed by atoms with Gasteiger partial charge in [0.1, 0.15) is 5.60 Å². The SMILES string of the molecule is C=C(CCOC(C)=O)C(=O)N1CCN(C(=O)OC(C)(C)C)C(C2CC2)C1. The van der Waals surface area contributed by atoms with Crippen LogP contribution >= 0.6 is 0 Å². The van der Waals surface area contributed by atoms with Gasteiger partial charge in [-0.3, -0.25) is 9.59 Å². The van der Waals surface area contributed by atoms with Crippen molar-refractivity contribution in [3.63, 3.8) is 0 Å². The zero-order valence-corrected chi connectivity index (χ0v) is 16.2. The van der Waals surface area contributed by atoms with E-state index < -0.39 is 5.60 Å². The number of amides is 2. The summed E-state index contributed by atoms with van der Waals surface area (Å²) in [5.41, 5.74) is -0.116. The van der Waals surface area contributed by atoms with E-state index in [1.165, 1.54) is 6.92 Å². The van der Waals surface area contributed by atoms with E-state index in [-0.39, 0.29) is 30.6 Å². The second-order valence-corrected chi connectivity index (χ2v) is 8.02. The molecule has 0 N–H and O–H groups in total. The Bertz CT molecular complexity index is 577. The molecule has 7 nitrogen and oxygen atoms in total. The molecule has 0 aromatic rings. The molecule has 1 unspecified atom stereocenters. The van der Waals surface area contributed by atoms with E-state index in [0.29, 0.717) is 37.5 Å². The minimum Gasteiger partial charge on any atom is -0.466 e. The van der Waals surface area contributed by atoms with Crippen LogP contribution in [-0.4, -0.2) is 65.7 Å². The van der Waals surface area contributed by atoms with Gasteiger partial charge in [-0.2, -0.15) is 0 Å². The highest BCUT2D eigenvalue weighted by atomic mass is 16.6. The third-order valence-corrected chi connectivity index (χ3v) is 4.51. The van der Waals surface area contributed by atoms with Gasteiger partial charge in [-0.15, -0.1) is 0 Å². The van der Waals surface area contributed by atoms with Crippen molar-refractivity contribution in [1.29, 1.82) is 0 Å². The van der Waals surface area contributed by atoms with Gasteiger partial charge in [-0.25, -0.2) is 4.79 Å². The molecule has 7 heteroatoms. The molecule has 1 saturated heterocycles. The quantitative estimate of drug-likeness (QED) is 0.551. The van der Waals surface area contributed by atoms with Crippen molar-refractivity contribution in [2.75, 3.05) is 26.2 Å². The van der Waals surface area contributed by atoms with Crippen LogP contribution in [0.4, 0.5) is 4.79 Å². The van der Waals surface area contributed by atoms with Crippen molar-refractivity contribution < 1.29 is 23.9 Å². The first-order valence-electron chi connectivity index (χ1n) is 9.18. The third kappa shape index (κ3) is 5.75. The summed E-state index contributed by atoms with van der Waals surface area (Å²) < 4.78 is 10.4. The number of ether oxygens (including phenoxy) is 2. The average Bonchev–Trinajstić information content (AvgIpc) is 3.36. The lowest BCUT2D eigenvalue weighted by Crippen LogP contribution is -2.58. The number of hydrogen-bond acceptors (Lipinski definition) is 5. The molecule has 26 heavy (non-hydrogen) atoms. The minimum absolute atomic E-state index is 0.0104. The lowest BCUT2D eigenvalue weighted by atomic mass is 10.1. The van der Waals surface area contributed by atoms with E-state index in [9.17, 15) is 14.4 Å². The zero-order chi connectivity index (χ0) is 19.5. The Morgan fingerprint density at radius 2 is 1.81 bits per heavy atom. The first-order chi connectivity index (χ1) is 12.1. The van der Waals surface area contributed by atoms with Crippen molar-refractivity contribution in [2.24, 2.45) is 5.92 Å². The summed E-state index contributed by atoms with van der Waals surface area (Å²) in [6, 6.07) is -0.0104. The standard InChI is InChI=1S/C19H30N2O5/c1-13(8-11-25-14(2)22)17(23)20-9-10-21(16(12-20)15-6-7-15)18(24)26-19(3,4)5/h15-16H,1,6-12H2,2-5H3. The lowest BCUT2D eigenvalue weighted by Gasteiger charge is -2.42. The highest BCUT2D eigenvalue weighted by Crippen LogP contribution is 2.37. The molecule has 2 amide bonds. The Morgan fingerprint density at radius 1 is 1.15 bits per heavy atom. The second-order valence-electron chi connectivity index (χ2n) is 8.02. The van der Waals surface area contributed by atoms with Crippen molar-refractivity contribution in [1.82, 2.24) is 9.80 Å². The number of esters is 1.